The zero-order valence-electron chi connectivity index (χ0n) is 12.2. The van der Waals surface area contributed by atoms with Crippen LogP contribution in [0.25, 0.3) is 17.2 Å². The van der Waals surface area contributed by atoms with E-state index >= 15 is 0 Å². The number of rotatable bonds is 4. The van der Waals surface area contributed by atoms with Crippen molar-refractivity contribution in [2.75, 3.05) is 5.32 Å². The molecule has 0 aliphatic carbocycles. The molecule has 0 saturated heterocycles. The van der Waals surface area contributed by atoms with E-state index in [0.717, 1.165) is 10.4 Å². The summed E-state index contributed by atoms with van der Waals surface area (Å²) < 4.78 is 0. The zero-order valence-corrected chi connectivity index (χ0v) is 13.8. The maximum Gasteiger partial charge on any atom is 0.248 e. The van der Waals surface area contributed by atoms with Crippen molar-refractivity contribution in [3.8, 4) is 11.1 Å². The summed E-state index contributed by atoms with van der Waals surface area (Å²) in [6.45, 7) is 0. The molecule has 0 aliphatic heterocycles. The van der Waals surface area contributed by atoms with Crippen LogP contribution in [0.2, 0.25) is 5.02 Å². The van der Waals surface area contributed by atoms with Gasteiger partial charge in [-0.2, -0.15) is 0 Å². The third-order valence-electron chi connectivity index (χ3n) is 3.22. The van der Waals surface area contributed by atoms with E-state index in [1.807, 2.05) is 24.3 Å². The molecule has 1 N–H and O–H groups in total. The van der Waals surface area contributed by atoms with Gasteiger partial charge in [0, 0.05) is 21.7 Å². The molecule has 0 unspecified atom stereocenters. The molecule has 0 bridgehead atoms. The number of carbonyl (C=O) groups is 1. The van der Waals surface area contributed by atoms with Crippen LogP contribution in [0.4, 0.5) is 5.69 Å². The lowest BCUT2D eigenvalue weighted by Crippen LogP contribution is -2.07. The maximum absolute atomic E-state index is 11.9. The lowest BCUT2D eigenvalue weighted by Gasteiger charge is -2.01. The summed E-state index contributed by atoms with van der Waals surface area (Å²) in [6, 6.07) is 19.3. The van der Waals surface area contributed by atoms with Crippen LogP contribution in [-0.4, -0.2) is 5.91 Å². The molecule has 1 aromatic heterocycles. The molecule has 0 atom stereocenters. The highest BCUT2D eigenvalue weighted by Crippen LogP contribution is 2.26. The zero-order chi connectivity index (χ0) is 16.1. The summed E-state index contributed by atoms with van der Waals surface area (Å²) in [4.78, 5) is 13.0. The lowest BCUT2D eigenvalue weighted by molar-refractivity contribution is -0.111. The van der Waals surface area contributed by atoms with E-state index in [-0.39, 0.29) is 5.91 Å². The number of thiophene rings is 1. The minimum atomic E-state index is -0.179. The Hall–Kier alpha value is -2.36. The van der Waals surface area contributed by atoms with Crippen LogP contribution in [0, 0.1) is 0 Å². The minimum Gasteiger partial charge on any atom is -0.322 e. The highest BCUT2D eigenvalue weighted by atomic mass is 35.5. The van der Waals surface area contributed by atoms with Crippen molar-refractivity contribution in [1.29, 1.82) is 0 Å². The van der Waals surface area contributed by atoms with Gasteiger partial charge < -0.3 is 5.32 Å². The number of halogens is 1. The first-order chi connectivity index (χ1) is 11.2. The van der Waals surface area contributed by atoms with Gasteiger partial charge in [0.1, 0.15) is 0 Å². The summed E-state index contributed by atoms with van der Waals surface area (Å²) in [5.41, 5.74) is 3.01. The average molecular weight is 340 g/mol. The standard InChI is InChI=1S/C19H14ClNOS/c20-16-7-4-8-17(12-16)21-19(22)10-9-18-11-15(13-23-18)14-5-2-1-3-6-14/h1-13H,(H,21,22)/b10-9+. The second-order valence-electron chi connectivity index (χ2n) is 4.94. The van der Waals surface area contributed by atoms with Crippen molar-refractivity contribution in [1.82, 2.24) is 0 Å². The largest absolute Gasteiger partial charge is 0.322 e. The fourth-order valence-corrected chi connectivity index (χ4v) is 3.13. The fourth-order valence-electron chi connectivity index (χ4n) is 2.13. The second-order valence-corrected chi connectivity index (χ2v) is 6.32. The molecular formula is C19H14ClNOS. The molecule has 2 nitrogen and oxygen atoms in total. The second kappa shape index (κ2) is 7.27. The normalized spacial score (nSPS) is 10.8. The van der Waals surface area contributed by atoms with Crippen LogP contribution in [0.3, 0.4) is 0 Å². The molecule has 3 rings (SSSR count). The van der Waals surface area contributed by atoms with Crippen molar-refractivity contribution in [2.24, 2.45) is 0 Å². The van der Waals surface area contributed by atoms with Crippen molar-refractivity contribution < 1.29 is 4.79 Å². The molecule has 3 aromatic rings. The number of hydrogen-bond acceptors (Lipinski definition) is 2. The van der Waals surface area contributed by atoms with Gasteiger partial charge in [-0.3, -0.25) is 4.79 Å². The smallest absolute Gasteiger partial charge is 0.248 e. The van der Waals surface area contributed by atoms with Gasteiger partial charge in [0.05, 0.1) is 0 Å². The Labute approximate surface area is 144 Å². The van der Waals surface area contributed by atoms with Crippen molar-refractivity contribution in [3.05, 3.63) is 82.0 Å². The van der Waals surface area contributed by atoms with Gasteiger partial charge in [-0.1, -0.05) is 48.0 Å². The van der Waals surface area contributed by atoms with E-state index in [9.17, 15) is 4.79 Å². The van der Waals surface area contributed by atoms with Gasteiger partial charge in [0.2, 0.25) is 5.91 Å². The summed E-state index contributed by atoms with van der Waals surface area (Å²) >= 11 is 7.50. The molecule has 23 heavy (non-hydrogen) atoms. The van der Waals surface area contributed by atoms with Crippen molar-refractivity contribution in [2.45, 2.75) is 0 Å². The Morgan fingerprint density at radius 3 is 2.61 bits per heavy atom. The number of nitrogens with one attached hydrogen (secondary N) is 1. The monoisotopic (exact) mass is 339 g/mol. The Kier molecular flexibility index (Phi) is 4.91. The van der Waals surface area contributed by atoms with Crippen LogP contribution >= 0.6 is 22.9 Å². The molecule has 0 radical (unpaired) electrons. The van der Waals surface area contributed by atoms with Crippen molar-refractivity contribution >= 4 is 40.6 Å². The number of benzene rings is 2. The fraction of sp³-hybridized carbons (Fsp3) is 0. The van der Waals surface area contributed by atoms with Crippen LogP contribution in [0.15, 0.2) is 72.1 Å². The number of hydrogen-bond donors (Lipinski definition) is 1. The van der Waals surface area contributed by atoms with Gasteiger partial charge in [0.15, 0.2) is 0 Å². The summed E-state index contributed by atoms with van der Waals surface area (Å²) in [6.07, 6.45) is 3.35. The molecule has 4 heteroatoms. The highest BCUT2D eigenvalue weighted by Gasteiger charge is 2.02. The van der Waals surface area contributed by atoms with E-state index in [4.69, 9.17) is 11.6 Å². The number of amides is 1. The summed E-state index contributed by atoms with van der Waals surface area (Å²) in [5.74, 6) is -0.179. The predicted octanol–water partition coefficient (Wildman–Crippen LogP) is 5.72. The van der Waals surface area contributed by atoms with Gasteiger partial charge >= 0.3 is 0 Å². The molecule has 2 aromatic carbocycles. The maximum atomic E-state index is 11.9. The SMILES string of the molecule is O=C(/C=C/c1cc(-c2ccccc2)cs1)Nc1cccc(Cl)c1. The summed E-state index contributed by atoms with van der Waals surface area (Å²) in [5, 5.41) is 5.47. The van der Waals surface area contributed by atoms with Gasteiger partial charge in [-0.05, 0) is 46.8 Å². The highest BCUT2D eigenvalue weighted by molar-refractivity contribution is 7.11. The van der Waals surface area contributed by atoms with E-state index in [2.05, 4.69) is 28.9 Å². The number of anilines is 1. The minimum absolute atomic E-state index is 0.179. The third kappa shape index (κ3) is 4.31. The van der Waals surface area contributed by atoms with E-state index in [1.165, 1.54) is 11.6 Å². The quantitative estimate of drug-likeness (QED) is 0.605. The predicted molar refractivity (Wildman–Crippen MR) is 98.9 cm³/mol. The first-order valence-electron chi connectivity index (χ1n) is 7.09. The Balaban J connectivity index is 1.66. The average Bonchev–Trinajstić information content (AvgIpc) is 3.03. The first-order valence-corrected chi connectivity index (χ1v) is 8.35. The Morgan fingerprint density at radius 2 is 1.83 bits per heavy atom. The van der Waals surface area contributed by atoms with Crippen LogP contribution in [0.5, 0.6) is 0 Å². The third-order valence-corrected chi connectivity index (χ3v) is 4.35. The van der Waals surface area contributed by atoms with Crippen LogP contribution < -0.4 is 5.32 Å². The topological polar surface area (TPSA) is 29.1 Å². The molecule has 114 valence electrons. The first kappa shape index (κ1) is 15.5. The molecule has 0 saturated carbocycles. The van der Waals surface area contributed by atoms with Gasteiger partial charge in [-0.25, -0.2) is 0 Å². The molecule has 0 fully saturated rings. The molecule has 0 spiro atoms. The van der Waals surface area contributed by atoms with Crippen molar-refractivity contribution in [3.63, 3.8) is 0 Å². The number of carbonyl (C=O) groups excluding carboxylic acids is 1. The lowest BCUT2D eigenvalue weighted by atomic mass is 10.1. The van der Waals surface area contributed by atoms with E-state index in [1.54, 1.807) is 35.6 Å². The van der Waals surface area contributed by atoms with Crippen LogP contribution in [-0.2, 0) is 4.79 Å². The van der Waals surface area contributed by atoms with E-state index < -0.39 is 0 Å². The summed E-state index contributed by atoms with van der Waals surface area (Å²) in [7, 11) is 0. The van der Waals surface area contributed by atoms with E-state index in [0.29, 0.717) is 10.7 Å². The Morgan fingerprint density at radius 1 is 1.00 bits per heavy atom. The molecule has 1 amide bonds. The molecule has 1 heterocycles. The van der Waals surface area contributed by atoms with Gasteiger partial charge in [0.25, 0.3) is 0 Å². The van der Waals surface area contributed by atoms with Gasteiger partial charge in [-0.15, -0.1) is 11.3 Å². The van der Waals surface area contributed by atoms with Crippen LogP contribution in [0.1, 0.15) is 4.88 Å². The molecule has 0 aliphatic rings. The molecular weight excluding hydrogens is 326 g/mol. The Bertz CT molecular complexity index is 839.